The van der Waals surface area contributed by atoms with E-state index in [0.717, 1.165) is 18.0 Å². The molecule has 3 N–H and O–H groups in total. The van der Waals surface area contributed by atoms with Gasteiger partial charge in [0.05, 0.1) is 0 Å². The zero-order chi connectivity index (χ0) is 13.4. The highest BCUT2D eigenvalue weighted by molar-refractivity contribution is 5.19. The van der Waals surface area contributed by atoms with Gasteiger partial charge >= 0.3 is 0 Å². The summed E-state index contributed by atoms with van der Waals surface area (Å²) < 4.78 is 0. The average Bonchev–Trinajstić information content (AvgIpc) is 2.39. The van der Waals surface area contributed by atoms with Crippen LogP contribution in [0.25, 0.3) is 0 Å². The van der Waals surface area contributed by atoms with E-state index in [0.29, 0.717) is 0 Å². The molecule has 0 spiro atoms. The molecule has 0 aliphatic carbocycles. The Morgan fingerprint density at radius 2 is 2.17 bits per heavy atom. The molecular weight excluding hydrogens is 222 g/mol. The van der Waals surface area contributed by atoms with E-state index in [1.807, 2.05) is 13.1 Å². The summed E-state index contributed by atoms with van der Waals surface area (Å²) in [7, 11) is 0. The molecule has 3 nitrogen and oxygen atoms in total. The highest BCUT2D eigenvalue weighted by Crippen LogP contribution is 2.26. The maximum absolute atomic E-state index is 5.72. The number of nitrogens with two attached hydrogens (primary N) is 1. The number of rotatable bonds is 8. The van der Waals surface area contributed by atoms with Crippen LogP contribution in [0.5, 0.6) is 0 Å². The van der Waals surface area contributed by atoms with Gasteiger partial charge in [0.1, 0.15) is 0 Å². The molecule has 0 aromatic carbocycles. The second-order valence-electron chi connectivity index (χ2n) is 5.10. The third-order valence-electron chi connectivity index (χ3n) is 3.64. The topological polar surface area (TPSA) is 50.9 Å². The fraction of sp³-hybridized carbons (Fsp3) is 0.667. The molecule has 102 valence electrons. The lowest BCUT2D eigenvalue weighted by atomic mass is 9.89. The van der Waals surface area contributed by atoms with Crippen molar-refractivity contribution in [2.45, 2.75) is 58.9 Å². The van der Waals surface area contributed by atoms with Crippen molar-refractivity contribution >= 4 is 0 Å². The molecule has 1 aromatic heterocycles. The second-order valence-corrected chi connectivity index (χ2v) is 5.10. The summed E-state index contributed by atoms with van der Waals surface area (Å²) in [6.07, 6.45) is 8.08. The average molecular weight is 249 g/mol. The number of pyridine rings is 1. The minimum Gasteiger partial charge on any atom is -0.271 e. The van der Waals surface area contributed by atoms with Crippen molar-refractivity contribution in [2.24, 2.45) is 11.8 Å². The van der Waals surface area contributed by atoms with E-state index >= 15 is 0 Å². The first-order chi connectivity index (χ1) is 8.71. The van der Waals surface area contributed by atoms with Gasteiger partial charge in [-0.15, -0.1) is 0 Å². The number of hydrogen-bond acceptors (Lipinski definition) is 3. The van der Waals surface area contributed by atoms with Gasteiger partial charge in [-0.25, -0.2) is 0 Å². The van der Waals surface area contributed by atoms with Crippen LogP contribution in [-0.2, 0) is 0 Å². The number of nitrogens with one attached hydrogen (secondary N) is 1. The minimum absolute atomic E-state index is 0.244. The van der Waals surface area contributed by atoms with Gasteiger partial charge in [-0.2, -0.15) is 0 Å². The van der Waals surface area contributed by atoms with Crippen LogP contribution < -0.4 is 11.3 Å². The molecule has 0 amide bonds. The molecule has 18 heavy (non-hydrogen) atoms. The van der Waals surface area contributed by atoms with Gasteiger partial charge in [-0.3, -0.25) is 16.3 Å². The quantitative estimate of drug-likeness (QED) is 0.547. The molecule has 2 unspecified atom stereocenters. The molecule has 1 aromatic rings. The Morgan fingerprint density at radius 1 is 1.39 bits per heavy atom. The Labute approximate surface area is 111 Å². The normalized spacial score (nSPS) is 14.4. The van der Waals surface area contributed by atoms with Gasteiger partial charge in [0.25, 0.3) is 0 Å². The van der Waals surface area contributed by atoms with Crippen molar-refractivity contribution < 1.29 is 0 Å². The summed E-state index contributed by atoms with van der Waals surface area (Å²) in [5.74, 6) is 6.47. The molecule has 0 aliphatic rings. The maximum Gasteiger partial charge on any atom is 0.0463 e. The fourth-order valence-corrected chi connectivity index (χ4v) is 2.40. The zero-order valence-electron chi connectivity index (χ0n) is 11.9. The zero-order valence-corrected chi connectivity index (χ0v) is 11.9. The molecule has 0 saturated heterocycles. The smallest absolute Gasteiger partial charge is 0.0463 e. The Bertz CT molecular complexity index is 338. The van der Waals surface area contributed by atoms with Crippen LogP contribution in [0.1, 0.15) is 63.3 Å². The van der Waals surface area contributed by atoms with E-state index in [9.17, 15) is 0 Å². The van der Waals surface area contributed by atoms with Crippen LogP contribution in [-0.4, -0.2) is 4.98 Å². The van der Waals surface area contributed by atoms with Crippen LogP contribution >= 0.6 is 0 Å². The lowest BCUT2D eigenvalue weighted by Crippen LogP contribution is -2.29. The monoisotopic (exact) mass is 249 g/mol. The number of aryl methyl sites for hydroxylation is 1. The van der Waals surface area contributed by atoms with Crippen molar-refractivity contribution in [3.8, 4) is 0 Å². The SMILES string of the molecule is CCCCC(CC)CC(NN)c1ccnc(C)c1. The molecule has 0 aliphatic heterocycles. The largest absolute Gasteiger partial charge is 0.271 e. The maximum atomic E-state index is 5.72. The van der Waals surface area contributed by atoms with Crippen molar-refractivity contribution in [3.63, 3.8) is 0 Å². The van der Waals surface area contributed by atoms with Gasteiger partial charge in [0, 0.05) is 17.9 Å². The van der Waals surface area contributed by atoms with E-state index in [2.05, 4.69) is 36.4 Å². The van der Waals surface area contributed by atoms with Gasteiger partial charge in [-0.1, -0.05) is 39.5 Å². The van der Waals surface area contributed by atoms with Crippen molar-refractivity contribution in [1.29, 1.82) is 0 Å². The first-order valence-electron chi connectivity index (χ1n) is 7.09. The third-order valence-corrected chi connectivity index (χ3v) is 3.64. The first-order valence-corrected chi connectivity index (χ1v) is 7.09. The van der Waals surface area contributed by atoms with Crippen LogP contribution in [0, 0.1) is 12.8 Å². The second kappa shape index (κ2) is 8.22. The van der Waals surface area contributed by atoms with Gasteiger partial charge in [0.15, 0.2) is 0 Å². The third kappa shape index (κ3) is 4.75. The number of hydrazine groups is 1. The Kier molecular flexibility index (Phi) is 6.91. The molecule has 2 atom stereocenters. The molecule has 0 bridgehead atoms. The summed E-state index contributed by atoms with van der Waals surface area (Å²) in [5, 5.41) is 0. The minimum atomic E-state index is 0.244. The molecule has 1 rings (SSSR count). The van der Waals surface area contributed by atoms with Gasteiger partial charge in [0.2, 0.25) is 0 Å². The summed E-state index contributed by atoms with van der Waals surface area (Å²) in [5.41, 5.74) is 5.26. The van der Waals surface area contributed by atoms with E-state index in [1.54, 1.807) is 0 Å². The lowest BCUT2D eigenvalue weighted by molar-refractivity contribution is 0.356. The number of unbranched alkanes of at least 4 members (excludes halogenated alkanes) is 1. The summed E-state index contributed by atoms with van der Waals surface area (Å²) in [4.78, 5) is 4.24. The number of hydrogen-bond donors (Lipinski definition) is 2. The molecular formula is C15H27N3. The van der Waals surface area contributed by atoms with Crippen molar-refractivity contribution in [3.05, 3.63) is 29.6 Å². The van der Waals surface area contributed by atoms with Gasteiger partial charge in [-0.05, 0) is 37.0 Å². The van der Waals surface area contributed by atoms with Crippen LogP contribution in [0.15, 0.2) is 18.3 Å². The van der Waals surface area contributed by atoms with Gasteiger partial charge < -0.3 is 0 Å². The molecule has 0 fully saturated rings. The summed E-state index contributed by atoms with van der Waals surface area (Å²) in [6, 6.07) is 4.43. The highest BCUT2D eigenvalue weighted by atomic mass is 15.2. The Hall–Kier alpha value is -0.930. The van der Waals surface area contributed by atoms with E-state index < -0.39 is 0 Å². The van der Waals surface area contributed by atoms with Crippen LogP contribution in [0.4, 0.5) is 0 Å². The van der Waals surface area contributed by atoms with E-state index in [1.165, 1.54) is 31.2 Å². The lowest BCUT2D eigenvalue weighted by Gasteiger charge is -2.22. The van der Waals surface area contributed by atoms with E-state index in [4.69, 9.17) is 5.84 Å². The first kappa shape index (κ1) is 15.1. The Morgan fingerprint density at radius 3 is 2.72 bits per heavy atom. The molecule has 3 heteroatoms. The van der Waals surface area contributed by atoms with Crippen molar-refractivity contribution in [1.82, 2.24) is 10.4 Å². The highest BCUT2D eigenvalue weighted by Gasteiger charge is 2.15. The van der Waals surface area contributed by atoms with Crippen LogP contribution in [0.3, 0.4) is 0 Å². The molecule has 0 saturated carbocycles. The fourth-order valence-electron chi connectivity index (χ4n) is 2.40. The predicted octanol–water partition coefficient (Wildman–Crippen LogP) is 3.50. The molecule has 0 radical (unpaired) electrons. The van der Waals surface area contributed by atoms with E-state index in [-0.39, 0.29) is 6.04 Å². The number of aromatic nitrogens is 1. The molecule has 1 heterocycles. The standard InChI is InChI=1S/C15H27N3/c1-4-6-7-13(5-2)11-15(18-16)14-8-9-17-12(3)10-14/h8-10,13,15,18H,4-7,11,16H2,1-3H3. The summed E-state index contributed by atoms with van der Waals surface area (Å²) >= 11 is 0. The van der Waals surface area contributed by atoms with Crippen molar-refractivity contribution in [2.75, 3.05) is 0 Å². The van der Waals surface area contributed by atoms with Crippen LogP contribution in [0.2, 0.25) is 0 Å². The Balaban J connectivity index is 2.65. The number of nitrogens with zero attached hydrogens (tertiary/aromatic N) is 1. The predicted molar refractivity (Wildman–Crippen MR) is 77.0 cm³/mol. The summed E-state index contributed by atoms with van der Waals surface area (Å²) in [6.45, 7) is 6.54.